The molecule has 0 N–H and O–H groups in total. The number of benzene rings is 3. The second-order valence-electron chi connectivity index (χ2n) is 9.86. The molecular weight excluding hydrogens is 512 g/mol. The molecule has 0 amide bonds. The van der Waals surface area contributed by atoms with Gasteiger partial charge in [0.05, 0.1) is 29.4 Å². The third-order valence-corrected chi connectivity index (χ3v) is 6.95. The van der Waals surface area contributed by atoms with Gasteiger partial charge >= 0.3 is 11.9 Å². The van der Waals surface area contributed by atoms with Gasteiger partial charge in [0.25, 0.3) is 0 Å². The van der Waals surface area contributed by atoms with Gasteiger partial charge in [0, 0.05) is 6.07 Å². The largest absolute Gasteiger partial charge is 0.494 e. The SMILES string of the molecule is CCCCCCCCOc1ccc(-c2ccc(C(=O)Oc3ccc(C(=O)OC[C@H](C)CC)c(Cl)c3)cc2)cc1. The minimum atomic E-state index is -0.511. The lowest BCUT2D eigenvalue weighted by Crippen LogP contribution is -2.12. The number of hydrogen-bond acceptors (Lipinski definition) is 5. The minimum Gasteiger partial charge on any atom is -0.494 e. The van der Waals surface area contributed by atoms with Crippen LogP contribution in [0.1, 0.15) is 86.4 Å². The molecular formula is C33H39ClO5. The molecule has 6 heteroatoms. The predicted molar refractivity (Wildman–Crippen MR) is 157 cm³/mol. The molecule has 3 aromatic rings. The quantitative estimate of drug-likeness (QED) is 0.107. The van der Waals surface area contributed by atoms with Crippen molar-refractivity contribution in [1.29, 1.82) is 0 Å². The predicted octanol–water partition coefficient (Wildman–Crippen LogP) is 9.17. The van der Waals surface area contributed by atoms with Crippen LogP contribution in [0.2, 0.25) is 5.02 Å². The van der Waals surface area contributed by atoms with E-state index in [1.807, 2.05) is 50.2 Å². The van der Waals surface area contributed by atoms with Crippen LogP contribution in [0, 0.1) is 5.92 Å². The Bertz CT molecular complexity index is 1190. The standard InChI is InChI=1S/C33H39ClO5/c1-4-6-7-8-9-10-21-37-28-17-15-26(16-18-28)25-11-13-27(14-12-25)32(35)39-29-19-20-30(31(34)22-29)33(36)38-23-24(3)5-2/h11-20,22,24H,4-10,21,23H2,1-3H3/t24-/m1/s1. The van der Waals surface area contributed by atoms with Crippen LogP contribution in [0.3, 0.4) is 0 Å². The molecule has 0 unspecified atom stereocenters. The van der Waals surface area contributed by atoms with Gasteiger partial charge in [0.2, 0.25) is 0 Å². The first-order valence-electron chi connectivity index (χ1n) is 13.9. The van der Waals surface area contributed by atoms with Crippen LogP contribution in [0.4, 0.5) is 0 Å². The smallest absolute Gasteiger partial charge is 0.343 e. The summed E-state index contributed by atoms with van der Waals surface area (Å²) in [6.07, 6.45) is 8.35. The van der Waals surface area contributed by atoms with Crippen LogP contribution in [-0.4, -0.2) is 25.2 Å². The van der Waals surface area contributed by atoms with Crippen LogP contribution >= 0.6 is 11.6 Å². The van der Waals surface area contributed by atoms with E-state index in [9.17, 15) is 9.59 Å². The summed E-state index contributed by atoms with van der Waals surface area (Å²) in [6, 6.07) is 19.7. The molecule has 208 valence electrons. The molecule has 5 nitrogen and oxygen atoms in total. The van der Waals surface area contributed by atoms with Gasteiger partial charge in [-0.15, -0.1) is 0 Å². The van der Waals surface area contributed by atoms with E-state index in [-0.39, 0.29) is 22.3 Å². The Hall–Kier alpha value is -3.31. The summed E-state index contributed by atoms with van der Waals surface area (Å²) < 4.78 is 16.6. The summed E-state index contributed by atoms with van der Waals surface area (Å²) in [5.41, 5.74) is 2.66. The lowest BCUT2D eigenvalue weighted by Gasteiger charge is -2.11. The molecule has 0 aromatic heterocycles. The number of ether oxygens (including phenoxy) is 3. The van der Waals surface area contributed by atoms with Crippen LogP contribution in [-0.2, 0) is 4.74 Å². The topological polar surface area (TPSA) is 61.8 Å². The van der Waals surface area contributed by atoms with Crippen molar-refractivity contribution in [1.82, 2.24) is 0 Å². The molecule has 39 heavy (non-hydrogen) atoms. The first-order chi connectivity index (χ1) is 18.9. The molecule has 1 atom stereocenters. The van der Waals surface area contributed by atoms with E-state index < -0.39 is 11.9 Å². The minimum absolute atomic E-state index is 0.171. The van der Waals surface area contributed by atoms with Gasteiger partial charge in [-0.1, -0.05) is 95.2 Å². The molecule has 0 aliphatic carbocycles. The number of carbonyl (C=O) groups is 2. The van der Waals surface area contributed by atoms with Gasteiger partial charge < -0.3 is 14.2 Å². The Morgan fingerprint density at radius 2 is 1.38 bits per heavy atom. The summed E-state index contributed by atoms with van der Waals surface area (Å²) in [4.78, 5) is 25.0. The monoisotopic (exact) mass is 550 g/mol. The lowest BCUT2D eigenvalue weighted by atomic mass is 10.0. The molecule has 0 spiro atoms. The maximum Gasteiger partial charge on any atom is 0.343 e. The van der Waals surface area contributed by atoms with E-state index in [1.54, 1.807) is 12.1 Å². The fourth-order valence-electron chi connectivity index (χ4n) is 3.92. The Labute approximate surface area is 237 Å². The first-order valence-corrected chi connectivity index (χ1v) is 14.3. The van der Waals surface area contributed by atoms with Crippen molar-refractivity contribution < 1.29 is 23.8 Å². The van der Waals surface area contributed by atoms with Gasteiger partial charge in [0.15, 0.2) is 0 Å². The zero-order chi connectivity index (χ0) is 28.0. The molecule has 3 rings (SSSR count). The number of carbonyl (C=O) groups excluding carboxylic acids is 2. The molecule has 0 heterocycles. The van der Waals surface area contributed by atoms with Gasteiger partial charge in [-0.3, -0.25) is 0 Å². The van der Waals surface area contributed by atoms with Crippen molar-refractivity contribution in [2.45, 2.75) is 65.7 Å². The molecule has 3 aromatic carbocycles. The number of hydrogen-bond donors (Lipinski definition) is 0. The normalized spacial score (nSPS) is 11.6. The van der Waals surface area contributed by atoms with Crippen LogP contribution in [0.5, 0.6) is 11.5 Å². The average Bonchev–Trinajstić information content (AvgIpc) is 2.95. The second-order valence-corrected chi connectivity index (χ2v) is 10.3. The zero-order valence-corrected chi connectivity index (χ0v) is 24.0. The third kappa shape index (κ3) is 9.74. The average molecular weight is 551 g/mol. The number of halogens is 1. The lowest BCUT2D eigenvalue weighted by molar-refractivity contribution is 0.0447. The molecule has 0 aliphatic heterocycles. The van der Waals surface area contributed by atoms with E-state index >= 15 is 0 Å². The van der Waals surface area contributed by atoms with Crippen LogP contribution in [0.15, 0.2) is 66.7 Å². The molecule has 0 saturated carbocycles. The van der Waals surface area contributed by atoms with Gasteiger partial charge in [0.1, 0.15) is 11.5 Å². The summed E-state index contributed by atoms with van der Waals surface area (Å²) in [5.74, 6) is 0.381. The van der Waals surface area contributed by atoms with E-state index in [2.05, 4.69) is 6.92 Å². The first kappa shape index (κ1) is 30.2. The number of unbranched alkanes of at least 4 members (excludes halogenated alkanes) is 5. The van der Waals surface area contributed by atoms with E-state index in [0.717, 1.165) is 36.3 Å². The Morgan fingerprint density at radius 1 is 0.769 bits per heavy atom. The van der Waals surface area contributed by atoms with Crippen molar-refractivity contribution in [3.05, 3.63) is 82.9 Å². The van der Waals surface area contributed by atoms with Crippen molar-refractivity contribution >= 4 is 23.5 Å². The van der Waals surface area contributed by atoms with Gasteiger partial charge in [-0.2, -0.15) is 0 Å². The van der Waals surface area contributed by atoms with Crippen LogP contribution in [0.25, 0.3) is 11.1 Å². The maximum atomic E-state index is 12.7. The van der Waals surface area contributed by atoms with Crippen molar-refractivity contribution in [3.8, 4) is 22.6 Å². The highest BCUT2D eigenvalue weighted by Gasteiger charge is 2.16. The van der Waals surface area contributed by atoms with Crippen molar-refractivity contribution in [2.75, 3.05) is 13.2 Å². The molecule has 0 fully saturated rings. The highest BCUT2D eigenvalue weighted by molar-refractivity contribution is 6.33. The van der Waals surface area contributed by atoms with Gasteiger partial charge in [-0.25, -0.2) is 9.59 Å². The Balaban J connectivity index is 1.51. The van der Waals surface area contributed by atoms with Crippen molar-refractivity contribution in [2.24, 2.45) is 5.92 Å². The third-order valence-electron chi connectivity index (χ3n) is 6.64. The fraction of sp³-hybridized carbons (Fsp3) is 0.394. The van der Waals surface area contributed by atoms with E-state index in [0.29, 0.717) is 12.2 Å². The van der Waals surface area contributed by atoms with E-state index in [4.69, 9.17) is 25.8 Å². The highest BCUT2D eigenvalue weighted by atomic mass is 35.5. The Morgan fingerprint density at radius 3 is 2.03 bits per heavy atom. The number of esters is 2. The van der Waals surface area contributed by atoms with Gasteiger partial charge in [-0.05, 0) is 59.9 Å². The molecule has 0 radical (unpaired) electrons. The summed E-state index contributed by atoms with van der Waals surface area (Å²) >= 11 is 6.26. The van der Waals surface area contributed by atoms with E-state index in [1.165, 1.54) is 50.3 Å². The van der Waals surface area contributed by atoms with Crippen LogP contribution < -0.4 is 9.47 Å². The zero-order valence-electron chi connectivity index (χ0n) is 23.2. The molecule has 0 saturated heterocycles. The summed E-state index contributed by atoms with van der Waals surface area (Å²) in [7, 11) is 0. The van der Waals surface area contributed by atoms with Crippen molar-refractivity contribution in [3.63, 3.8) is 0 Å². The summed E-state index contributed by atoms with van der Waals surface area (Å²) in [5, 5.41) is 0.171. The number of rotatable bonds is 15. The maximum absolute atomic E-state index is 12.7. The molecule has 0 bridgehead atoms. The summed E-state index contributed by atoms with van der Waals surface area (Å²) in [6.45, 7) is 7.33. The fourth-order valence-corrected chi connectivity index (χ4v) is 4.17. The highest BCUT2D eigenvalue weighted by Crippen LogP contribution is 2.26. The molecule has 0 aliphatic rings. The Kier molecular flexibility index (Phi) is 12.4. The second kappa shape index (κ2) is 15.9.